The van der Waals surface area contributed by atoms with Crippen LogP contribution in [0.15, 0.2) is 212 Å². The van der Waals surface area contributed by atoms with Gasteiger partial charge in [-0.1, -0.05) is 164 Å². The summed E-state index contributed by atoms with van der Waals surface area (Å²) in [7, 11) is 0. The Kier molecular flexibility index (Phi) is 8.09. The number of benzene rings is 9. The highest BCUT2D eigenvalue weighted by Gasteiger charge is 2.18. The van der Waals surface area contributed by atoms with Gasteiger partial charge in [-0.15, -0.1) is 11.3 Å². The second-order valence-corrected chi connectivity index (χ2v) is 14.8. The molecular weight excluding hydrogens is 671 g/mol. The molecule has 9 aromatic carbocycles. The lowest BCUT2D eigenvalue weighted by Gasteiger charge is -2.28. The molecule has 1 nitrogen and oxygen atoms in total. The molecule has 0 N–H and O–H groups in total. The van der Waals surface area contributed by atoms with Crippen molar-refractivity contribution in [1.29, 1.82) is 0 Å². The summed E-state index contributed by atoms with van der Waals surface area (Å²) in [6.45, 7) is 0. The van der Waals surface area contributed by atoms with E-state index in [-0.39, 0.29) is 0 Å². The lowest BCUT2D eigenvalue weighted by atomic mass is 9.95. The van der Waals surface area contributed by atoms with E-state index in [1.165, 1.54) is 75.5 Å². The van der Waals surface area contributed by atoms with Gasteiger partial charge in [-0.25, -0.2) is 0 Å². The van der Waals surface area contributed by atoms with Crippen molar-refractivity contribution in [3.63, 3.8) is 0 Å². The maximum absolute atomic E-state index is 2.40. The van der Waals surface area contributed by atoms with Crippen LogP contribution < -0.4 is 4.90 Å². The van der Waals surface area contributed by atoms with Crippen LogP contribution in [0.2, 0.25) is 0 Å². The SMILES string of the molecule is c1ccc(-c2ccccc2N(c2ccc(-c3ccc4c(c3)sc3ccccc34)cc2)c2cccc(-c3cccc(-c4cccc5ccccc45)c3)c2)cc1. The van der Waals surface area contributed by atoms with Crippen LogP contribution in [0.25, 0.3) is 75.5 Å². The summed E-state index contributed by atoms with van der Waals surface area (Å²) in [6.07, 6.45) is 0. The van der Waals surface area contributed by atoms with Gasteiger partial charge in [0.2, 0.25) is 0 Å². The van der Waals surface area contributed by atoms with E-state index in [1.54, 1.807) is 0 Å². The number of nitrogens with zero attached hydrogens (tertiary/aromatic N) is 1. The molecule has 0 atom stereocenters. The molecule has 2 heteroatoms. The first-order valence-electron chi connectivity index (χ1n) is 18.4. The molecule has 0 aliphatic rings. The van der Waals surface area contributed by atoms with Gasteiger partial charge in [-0.2, -0.15) is 0 Å². The normalized spacial score (nSPS) is 11.3. The molecule has 0 radical (unpaired) electrons. The second kappa shape index (κ2) is 13.7. The lowest BCUT2D eigenvalue weighted by molar-refractivity contribution is 1.28. The lowest BCUT2D eigenvalue weighted by Crippen LogP contribution is -2.11. The van der Waals surface area contributed by atoms with Gasteiger partial charge in [0.25, 0.3) is 0 Å². The van der Waals surface area contributed by atoms with Crippen LogP contribution in [0.5, 0.6) is 0 Å². The van der Waals surface area contributed by atoms with Crippen molar-refractivity contribution in [3.8, 4) is 44.5 Å². The molecule has 1 heterocycles. The Balaban J connectivity index is 1.08. The Morgan fingerprint density at radius 3 is 1.78 bits per heavy atom. The number of thiophene rings is 1. The highest BCUT2D eigenvalue weighted by Crippen LogP contribution is 2.43. The summed E-state index contributed by atoms with van der Waals surface area (Å²) in [5.74, 6) is 0. The van der Waals surface area contributed by atoms with Crippen LogP contribution in [0.4, 0.5) is 17.1 Å². The van der Waals surface area contributed by atoms with Crippen molar-refractivity contribution in [2.24, 2.45) is 0 Å². The summed E-state index contributed by atoms with van der Waals surface area (Å²) in [4.78, 5) is 2.40. The molecule has 0 spiro atoms. The maximum Gasteiger partial charge on any atom is 0.0540 e. The van der Waals surface area contributed by atoms with Crippen LogP contribution in [0.3, 0.4) is 0 Å². The first-order valence-corrected chi connectivity index (χ1v) is 19.2. The minimum atomic E-state index is 1.10. The average molecular weight is 706 g/mol. The number of hydrogen-bond acceptors (Lipinski definition) is 2. The van der Waals surface area contributed by atoms with E-state index in [0.29, 0.717) is 0 Å². The number of anilines is 3. The predicted octanol–water partition coefficient (Wildman–Crippen LogP) is 15.3. The quantitative estimate of drug-likeness (QED) is 0.160. The minimum Gasteiger partial charge on any atom is -0.310 e. The fourth-order valence-electron chi connectivity index (χ4n) is 7.83. The second-order valence-electron chi connectivity index (χ2n) is 13.7. The van der Waals surface area contributed by atoms with Gasteiger partial charge in [-0.3, -0.25) is 0 Å². The van der Waals surface area contributed by atoms with E-state index >= 15 is 0 Å². The van der Waals surface area contributed by atoms with Gasteiger partial charge in [0.15, 0.2) is 0 Å². The Hall–Kier alpha value is -6.74. The fraction of sp³-hybridized carbons (Fsp3) is 0. The topological polar surface area (TPSA) is 3.24 Å². The minimum absolute atomic E-state index is 1.10. The molecule has 254 valence electrons. The molecule has 0 aliphatic carbocycles. The Morgan fingerprint density at radius 2 is 0.889 bits per heavy atom. The van der Waals surface area contributed by atoms with E-state index in [1.807, 2.05) is 11.3 Å². The Bertz CT molecular complexity index is 2930. The predicted molar refractivity (Wildman–Crippen MR) is 233 cm³/mol. The molecule has 0 fully saturated rings. The van der Waals surface area contributed by atoms with Crippen LogP contribution in [0.1, 0.15) is 0 Å². The van der Waals surface area contributed by atoms with Gasteiger partial charge in [0, 0.05) is 37.1 Å². The summed E-state index contributed by atoms with van der Waals surface area (Å²) in [6, 6.07) is 77.1. The van der Waals surface area contributed by atoms with Gasteiger partial charge in [-0.05, 0) is 98.2 Å². The zero-order chi connectivity index (χ0) is 35.8. The van der Waals surface area contributed by atoms with Crippen molar-refractivity contribution in [3.05, 3.63) is 212 Å². The van der Waals surface area contributed by atoms with E-state index in [2.05, 4.69) is 217 Å². The molecule has 0 bridgehead atoms. The molecule has 54 heavy (non-hydrogen) atoms. The van der Waals surface area contributed by atoms with Gasteiger partial charge in [0.05, 0.1) is 5.69 Å². The molecular formula is C52H35NS. The molecule has 0 aliphatic heterocycles. The number of para-hydroxylation sites is 1. The average Bonchev–Trinajstić information content (AvgIpc) is 3.62. The number of rotatable bonds is 7. The third-order valence-corrected chi connectivity index (χ3v) is 11.6. The van der Waals surface area contributed by atoms with Crippen LogP contribution >= 0.6 is 11.3 Å². The maximum atomic E-state index is 2.40. The molecule has 10 rings (SSSR count). The van der Waals surface area contributed by atoms with Crippen molar-refractivity contribution in [2.45, 2.75) is 0 Å². The van der Waals surface area contributed by atoms with E-state index in [4.69, 9.17) is 0 Å². The highest BCUT2D eigenvalue weighted by atomic mass is 32.1. The third kappa shape index (κ3) is 5.84. The number of hydrogen-bond donors (Lipinski definition) is 0. The van der Waals surface area contributed by atoms with Gasteiger partial charge >= 0.3 is 0 Å². The first kappa shape index (κ1) is 32.0. The van der Waals surface area contributed by atoms with E-state index < -0.39 is 0 Å². The first-order chi connectivity index (χ1) is 26.8. The smallest absolute Gasteiger partial charge is 0.0540 e. The van der Waals surface area contributed by atoms with Gasteiger partial charge < -0.3 is 4.90 Å². The summed E-state index contributed by atoms with van der Waals surface area (Å²) >= 11 is 1.86. The largest absolute Gasteiger partial charge is 0.310 e. The molecule has 0 saturated heterocycles. The van der Waals surface area contributed by atoms with Crippen molar-refractivity contribution in [1.82, 2.24) is 0 Å². The summed E-state index contributed by atoms with van der Waals surface area (Å²) < 4.78 is 2.65. The van der Waals surface area contributed by atoms with Crippen LogP contribution in [-0.4, -0.2) is 0 Å². The van der Waals surface area contributed by atoms with Crippen LogP contribution in [-0.2, 0) is 0 Å². The zero-order valence-electron chi connectivity index (χ0n) is 29.6. The highest BCUT2D eigenvalue weighted by molar-refractivity contribution is 7.25. The molecule has 10 aromatic rings. The van der Waals surface area contributed by atoms with E-state index in [0.717, 1.165) is 17.1 Å². The summed E-state index contributed by atoms with van der Waals surface area (Å²) in [5, 5.41) is 5.17. The Labute approximate surface area is 319 Å². The summed E-state index contributed by atoms with van der Waals surface area (Å²) in [5.41, 5.74) is 12.9. The number of fused-ring (bicyclic) bond motifs is 4. The fourth-order valence-corrected chi connectivity index (χ4v) is 8.98. The van der Waals surface area contributed by atoms with Gasteiger partial charge in [0.1, 0.15) is 0 Å². The standard InChI is InChI=1S/C52H35NS/c1-2-13-38(14-3-1)47-22-6-8-25-50(47)53(43-30-27-36(28-31-43)41-29-32-49-48-23-7-9-26-51(48)54-52(49)35-41)44-20-11-18-40(34-44)39-17-10-19-42(33-39)46-24-12-16-37-15-4-5-21-45(37)46/h1-35H. The Morgan fingerprint density at radius 1 is 0.296 bits per heavy atom. The molecule has 0 unspecified atom stereocenters. The van der Waals surface area contributed by atoms with Crippen molar-refractivity contribution < 1.29 is 0 Å². The van der Waals surface area contributed by atoms with Crippen molar-refractivity contribution >= 4 is 59.3 Å². The zero-order valence-corrected chi connectivity index (χ0v) is 30.4. The molecule has 0 amide bonds. The monoisotopic (exact) mass is 705 g/mol. The van der Waals surface area contributed by atoms with Crippen molar-refractivity contribution in [2.75, 3.05) is 4.90 Å². The third-order valence-electron chi connectivity index (χ3n) is 10.5. The molecule has 0 saturated carbocycles. The van der Waals surface area contributed by atoms with E-state index in [9.17, 15) is 0 Å². The van der Waals surface area contributed by atoms with Crippen LogP contribution in [0, 0.1) is 0 Å². The molecule has 1 aromatic heterocycles.